The number of carboxylic acid groups (broad SMARTS) is 2. The lowest BCUT2D eigenvalue weighted by atomic mass is 10.0. The standard InChI is InChI=1S/C32H34N4O4/c1-15-17(3)25-12-27-19(5)21(7-9-31(37)38)29(35-27)14-30-22(8-10-32(39)40)20(6)28(36-30)13-26-18(4)16(2)24(34-26)11-23(15)33-25/h11-14,35-36H,7-10H2,1-6H3,(H,37,38)(H,39,40)/p+2. The van der Waals surface area contributed by atoms with Crippen LogP contribution in [-0.4, -0.2) is 32.1 Å². The van der Waals surface area contributed by atoms with Crippen molar-refractivity contribution in [2.24, 2.45) is 0 Å². The van der Waals surface area contributed by atoms with Crippen LogP contribution < -0.4 is 9.97 Å². The Balaban J connectivity index is 1.93. The van der Waals surface area contributed by atoms with Crippen molar-refractivity contribution >= 4 is 56.3 Å². The van der Waals surface area contributed by atoms with E-state index in [0.29, 0.717) is 12.8 Å². The second-order valence-electron chi connectivity index (χ2n) is 10.9. The quantitative estimate of drug-likeness (QED) is 0.319. The molecule has 6 N–H and O–H groups in total. The summed E-state index contributed by atoms with van der Waals surface area (Å²) in [6.07, 6.45) is 0.791. The number of H-pyrrole nitrogens is 4. The van der Waals surface area contributed by atoms with Crippen LogP contribution in [0.15, 0.2) is 24.3 Å². The van der Waals surface area contributed by atoms with Gasteiger partial charge in [-0.2, -0.15) is 0 Å². The topological polar surface area (TPSA) is 134 Å². The number of aliphatic carboxylic acids is 2. The van der Waals surface area contributed by atoms with Crippen molar-refractivity contribution in [3.05, 3.63) is 69.3 Å². The zero-order chi connectivity index (χ0) is 28.9. The average molecular weight is 541 g/mol. The number of rotatable bonds is 6. The van der Waals surface area contributed by atoms with E-state index in [1.54, 1.807) is 0 Å². The highest BCUT2D eigenvalue weighted by Crippen LogP contribution is 2.32. The van der Waals surface area contributed by atoms with Gasteiger partial charge in [-0.3, -0.25) is 9.59 Å². The zero-order valence-electron chi connectivity index (χ0n) is 23.8. The highest BCUT2D eigenvalue weighted by molar-refractivity contribution is 5.91. The highest BCUT2D eigenvalue weighted by Gasteiger charge is 2.25. The lowest BCUT2D eigenvalue weighted by molar-refractivity contribution is -0.388. The molecule has 8 heteroatoms. The third-order valence-electron chi connectivity index (χ3n) is 8.51. The molecule has 0 unspecified atom stereocenters. The van der Waals surface area contributed by atoms with E-state index in [4.69, 9.17) is 0 Å². The van der Waals surface area contributed by atoms with Crippen LogP contribution in [0.5, 0.6) is 0 Å². The Kier molecular flexibility index (Phi) is 6.96. The Morgan fingerprint density at radius 2 is 0.925 bits per heavy atom. The number of carbonyl (C=O) groups is 2. The van der Waals surface area contributed by atoms with Gasteiger partial charge in [-0.1, -0.05) is 0 Å². The van der Waals surface area contributed by atoms with E-state index >= 15 is 0 Å². The molecule has 5 rings (SSSR count). The molecule has 3 aromatic rings. The maximum atomic E-state index is 11.5. The predicted octanol–water partition coefficient (Wildman–Crippen LogP) is 5.71. The van der Waals surface area contributed by atoms with E-state index in [-0.39, 0.29) is 12.8 Å². The highest BCUT2D eigenvalue weighted by atomic mass is 16.4. The maximum absolute atomic E-state index is 11.5. The molecule has 0 fully saturated rings. The number of carboxylic acids is 2. The lowest BCUT2D eigenvalue weighted by Crippen LogP contribution is -2.10. The van der Waals surface area contributed by atoms with Gasteiger partial charge in [0.2, 0.25) is 22.8 Å². The molecule has 3 aromatic heterocycles. The number of hydrogen-bond donors (Lipinski definition) is 4. The van der Waals surface area contributed by atoms with Gasteiger partial charge >= 0.3 is 11.9 Å². The van der Waals surface area contributed by atoms with Gasteiger partial charge in [0.25, 0.3) is 0 Å². The largest absolute Gasteiger partial charge is 0.481 e. The summed E-state index contributed by atoms with van der Waals surface area (Å²) in [6, 6.07) is 8.32. The molecule has 0 aromatic carbocycles. The number of aromatic amines is 4. The number of allylic oxidation sites excluding steroid dienone is 4. The van der Waals surface area contributed by atoms with E-state index in [0.717, 1.165) is 78.2 Å². The zero-order valence-corrected chi connectivity index (χ0v) is 23.8. The first-order valence-corrected chi connectivity index (χ1v) is 13.6. The van der Waals surface area contributed by atoms with Gasteiger partial charge in [-0.25, -0.2) is 9.97 Å². The second-order valence-corrected chi connectivity index (χ2v) is 10.9. The van der Waals surface area contributed by atoms with E-state index < -0.39 is 11.9 Å². The first kappa shape index (κ1) is 27.1. The van der Waals surface area contributed by atoms with Crippen LogP contribution >= 0.6 is 0 Å². The van der Waals surface area contributed by atoms with Crippen molar-refractivity contribution in [1.82, 2.24) is 9.97 Å². The minimum atomic E-state index is -0.850. The molecule has 2 aliphatic heterocycles. The predicted molar refractivity (Wildman–Crippen MR) is 156 cm³/mol. The van der Waals surface area contributed by atoms with Crippen molar-refractivity contribution in [2.75, 3.05) is 0 Å². The monoisotopic (exact) mass is 540 g/mol. The first-order valence-electron chi connectivity index (χ1n) is 13.6. The van der Waals surface area contributed by atoms with Crippen LogP contribution in [0.1, 0.15) is 85.6 Å². The molecule has 2 aliphatic rings. The molecular formula is C32H36N4O4+2. The van der Waals surface area contributed by atoms with Crippen molar-refractivity contribution < 1.29 is 29.8 Å². The van der Waals surface area contributed by atoms with Crippen molar-refractivity contribution in [1.29, 1.82) is 0 Å². The summed E-state index contributed by atoms with van der Waals surface area (Å²) >= 11 is 0. The van der Waals surface area contributed by atoms with E-state index in [1.165, 1.54) is 11.1 Å². The van der Waals surface area contributed by atoms with Crippen LogP contribution in [0.4, 0.5) is 0 Å². The molecule has 206 valence electrons. The second kappa shape index (κ2) is 10.3. The number of aryl methyl sites for hydroxylation is 4. The first-order chi connectivity index (χ1) is 18.9. The Bertz CT molecular complexity index is 1690. The minimum absolute atomic E-state index is 0.0148. The number of hydrogen-bond acceptors (Lipinski definition) is 2. The van der Waals surface area contributed by atoms with Gasteiger partial charge in [0, 0.05) is 69.3 Å². The number of fused-ring (bicyclic) bond motifs is 8. The molecule has 0 atom stereocenters. The summed E-state index contributed by atoms with van der Waals surface area (Å²) in [6.45, 7) is 12.5. The third kappa shape index (κ3) is 4.85. The van der Waals surface area contributed by atoms with Crippen LogP contribution in [-0.2, 0) is 22.4 Å². The summed E-state index contributed by atoms with van der Waals surface area (Å²) in [5.74, 6) is -1.70. The fourth-order valence-electron chi connectivity index (χ4n) is 5.63. The van der Waals surface area contributed by atoms with Gasteiger partial charge in [-0.05, 0) is 82.7 Å². The molecule has 0 saturated heterocycles. The fourth-order valence-corrected chi connectivity index (χ4v) is 5.63. The van der Waals surface area contributed by atoms with E-state index in [2.05, 4.69) is 65.8 Å². The fraction of sp³-hybridized carbons (Fsp3) is 0.312. The Labute approximate surface area is 232 Å². The molecule has 8 bridgehead atoms. The van der Waals surface area contributed by atoms with Gasteiger partial charge < -0.3 is 20.2 Å². The normalized spacial score (nSPS) is 13.3. The molecule has 0 spiro atoms. The van der Waals surface area contributed by atoms with Gasteiger partial charge in [-0.15, -0.1) is 0 Å². The number of aromatic nitrogens is 4. The average Bonchev–Trinajstić information content (AvgIpc) is 3.53. The van der Waals surface area contributed by atoms with Crippen LogP contribution in [0.3, 0.4) is 0 Å². The Hall–Kier alpha value is -4.46. The van der Waals surface area contributed by atoms with Gasteiger partial charge in [0.05, 0.1) is 6.07 Å². The smallest absolute Gasteiger partial charge is 0.303 e. The molecule has 0 saturated carbocycles. The molecule has 0 amide bonds. The summed E-state index contributed by atoms with van der Waals surface area (Å²) in [5, 5.41) is 18.9. The summed E-state index contributed by atoms with van der Waals surface area (Å²) in [5.41, 5.74) is 16.0. The van der Waals surface area contributed by atoms with Crippen LogP contribution in [0.25, 0.3) is 44.4 Å². The maximum Gasteiger partial charge on any atom is 0.303 e. The van der Waals surface area contributed by atoms with Gasteiger partial charge in [0.1, 0.15) is 0 Å². The van der Waals surface area contributed by atoms with Crippen molar-refractivity contribution in [2.45, 2.75) is 67.2 Å². The molecule has 0 radical (unpaired) electrons. The molecule has 5 heterocycles. The molecule has 40 heavy (non-hydrogen) atoms. The van der Waals surface area contributed by atoms with Crippen LogP contribution in [0, 0.1) is 13.8 Å². The minimum Gasteiger partial charge on any atom is -0.481 e. The Morgan fingerprint density at radius 3 is 1.27 bits per heavy atom. The summed E-state index contributed by atoms with van der Waals surface area (Å²) in [7, 11) is 0. The van der Waals surface area contributed by atoms with Crippen molar-refractivity contribution in [3.63, 3.8) is 0 Å². The number of nitrogens with one attached hydrogen (secondary N) is 4. The molecular weight excluding hydrogens is 504 g/mol. The summed E-state index contributed by atoms with van der Waals surface area (Å²) < 4.78 is 0. The SMILES string of the molecule is CC1=C(C)c2cc3[nH]c(cc4[nH]c(cc5[nH+]c(cc1[nH+]2)C(C)=C5C)c(C)c4CCC(=O)O)c(CCC(=O)O)c3C. The summed E-state index contributed by atoms with van der Waals surface area (Å²) in [4.78, 5) is 37.3. The van der Waals surface area contributed by atoms with E-state index in [9.17, 15) is 19.8 Å². The van der Waals surface area contributed by atoms with Gasteiger partial charge in [0.15, 0.2) is 0 Å². The third-order valence-corrected chi connectivity index (χ3v) is 8.51. The molecule has 0 aliphatic carbocycles. The lowest BCUT2D eigenvalue weighted by Gasteiger charge is -2.00. The van der Waals surface area contributed by atoms with Crippen LogP contribution in [0.2, 0.25) is 0 Å². The molecule has 8 nitrogen and oxygen atoms in total. The van der Waals surface area contributed by atoms with E-state index in [1.807, 2.05) is 19.9 Å². The Morgan fingerprint density at radius 1 is 0.575 bits per heavy atom. The van der Waals surface area contributed by atoms with Crippen molar-refractivity contribution in [3.8, 4) is 0 Å².